The second kappa shape index (κ2) is 15.2. The molecule has 1 aromatic heterocycles. The van der Waals surface area contributed by atoms with Gasteiger partial charge in [-0.3, -0.25) is 19.2 Å². The van der Waals surface area contributed by atoms with Crippen LogP contribution in [0, 0.1) is 34.5 Å². The highest BCUT2D eigenvalue weighted by Gasteiger charge is 2.61. The molecule has 1 N–H and O–H groups in total. The average Bonchev–Trinajstić information content (AvgIpc) is 3.90. The Bertz CT molecular complexity index is 1730. The lowest BCUT2D eigenvalue weighted by molar-refractivity contribution is -0.157. The van der Waals surface area contributed by atoms with Crippen LogP contribution in [0.5, 0.6) is 11.5 Å². The van der Waals surface area contributed by atoms with Crippen molar-refractivity contribution in [1.29, 1.82) is 0 Å². The Labute approximate surface area is 315 Å². The number of fused-ring (bicyclic) bond motifs is 2. The number of hydrogen-bond acceptors (Lipinski definition) is 9. The number of ether oxygens (including phenoxy) is 3. The predicted molar refractivity (Wildman–Crippen MR) is 200 cm³/mol. The number of esters is 1. The zero-order chi connectivity index (χ0) is 37.5. The van der Waals surface area contributed by atoms with E-state index >= 15 is 0 Å². The number of rotatable bonds is 16. The van der Waals surface area contributed by atoms with Gasteiger partial charge in [0, 0.05) is 24.3 Å². The van der Waals surface area contributed by atoms with E-state index in [1.165, 1.54) is 23.1 Å². The van der Waals surface area contributed by atoms with Crippen LogP contribution in [0.15, 0.2) is 35.9 Å². The van der Waals surface area contributed by atoms with Crippen molar-refractivity contribution >= 4 is 57.9 Å². The molecule has 0 spiro atoms. The molecule has 8 atom stereocenters. The van der Waals surface area contributed by atoms with E-state index in [1.54, 1.807) is 12.1 Å². The molecular weight excluding hydrogens is 704 g/mol. The number of nitrogens with zero attached hydrogens (tertiary/aromatic N) is 2. The molecule has 52 heavy (non-hydrogen) atoms. The molecular formula is C40H51ClN2O8S. The van der Waals surface area contributed by atoms with Crippen molar-refractivity contribution in [3.05, 3.63) is 35.9 Å². The van der Waals surface area contributed by atoms with E-state index in [1.807, 2.05) is 46.8 Å². The molecule has 10 nitrogen and oxygen atoms in total. The Kier molecular flexibility index (Phi) is 11.2. The van der Waals surface area contributed by atoms with Crippen LogP contribution in [0.4, 0.5) is 0 Å². The number of halogens is 1. The Morgan fingerprint density at radius 1 is 1.12 bits per heavy atom. The number of aliphatic carboxylic acids is 1. The molecule has 0 bridgehead atoms. The Balaban J connectivity index is 1.29. The largest absolute Gasteiger partial charge is 0.492 e. The van der Waals surface area contributed by atoms with Crippen molar-refractivity contribution in [2.45, 2.75) is 109 Å². The van der Waals surface area contributed by atoms with Gasteiger partial charge in [-0.25, -0.2) is 4.98 Å². The number of benzene rings is 1. The van der Waals surface area contributed by atoms with Crippen molar-refractivity contribution in [3.63, 3.8) is 0 Å². The summed E-state index contributed by atoms with van der Waals surface area (Å²) in [6, 6.07) is 4.55. The van der Waals surface area contributed by atoms with Gasteiger partial charge >= 0.3 is 11.9 Å². The van der Waals surface area contributed by atoms with E-state index in [0.29, 0.717) is 57.3 Å². The average molecular weight is 755 g/mol. The zero-order valence-electron chi connectivity index (χ0n) is 30.8. The number of carboxylic acids is 1. The Morgan fingerprint density at radius 2 is 1.85 bits per heavy atom. The van der Waals surface area contributed by atoms with Gasteiger partial charge in [0.2, 0.25) is 5.91 Å². The monoisotopic (exact) mass is 754 g/mol. The van der Waals surface area contributed by atoms with Crippen LogP contribution in [-0.2, 0) is 23.9 Å². The van der Waals surface area contributed by atoms with E-state index in [4.69, 9.17) is 30.8 Å². The van der Waals surface area contributed by atoms with Gasteiger partial charge in [-0.2, -0.15) is 0 Å². The van der Waals surface area contributed by atoms with Crippen molar-refractivity contribution in [2.24, 2.45) is 34.5 Å². The maximum Gasteiger partial charge on any atom is 0.310 e. The lowest BCUT2D eigenvalue weighted by Crippen LogP contribution is -2.48. The number of allylic oxidation sites excluding steroid dienone is 1. The number of aromatic nitrogens is 1. The molecule has 1 amide bonds. The molecule has 2 heterocycles. The maximum absolute atomic E-state index is 14.6. The van der Waals surface area contributed by atoms with Gasteiger partial charge in [-0.15, -0.1) is 18.3 Å². The standard InChI is InChI=1S/C40H51ClN2O8S/c1-7-12-49-31-11-10-27-32(18-33(52-9-3)42-36(27)35(31)41)50-26-16-29(30(44)20-40(38(47)48)19-24(40)8-2)43(21-26)37(46)28(39(4,5)6)17-34(45)51-25-14-22-13-23(22)15-25/h8,10-11,18,22-26,28-29H,2,7,9,12-17,19-21H2,1,3-6H3,(H,47,48)/t22-,23+,24-,25?,26-,28-,29+,40-/m1/s1. The van der Waals surface area contributed by atoms with Gasteiger partial charge in [0.1, 0.15) is 33.8 Å². The second-order valence-electron chi connectivity index (χ2n) is 16.1. The first kappa shape index (κ1) is 38.4. The summed E-state index contributed by atoms with van der Waals surface area (Å²) in [7, 11) is 0. The topological polar surface area (TPSA) is 132 Å². The molecule has 2 aromatic rings. The maximum atomic E-state index is 14.6. The van der Waals surface area contributed by atoms with Crippen LogP contribution in [0.1, 0.15) is 86.0 Å². The van der Waals surface area contributed by atoms with Crippen LogP contribution < -0.4 is 9.47 Å². The minimum absolute atomic E-state index is 0.0826. The fraction of sp³-hybridized carbons (Fsp3) is 0.625. The van der Waals surface area contributed by atoms with E-state index in [9.17, 15) is 24.3 Å². The van der Waals surface area contributed by atoms with Crippen molar-refractivity contribution in [2.75, 3.05) is 18.9 Å². The molecule has 282 valence electrons. The first-order valence-electron chi connectivity index (χ1n) is 18.6. The molecule has 1 aromatic carbocycles. The number of Topliss-reactive ketones (excluding diaryl/α,β-unsaturated/α-hetero) is 1. The number of ketones is 1. The molecule has 3 saturated carbocycles. The molecule has 4 fully saturated rings. The zero-order valence-corrected chi connectivity index (χ0v) is 32.4. The fourth-order valence-electron chi connectivity index (χ4n) is 8.16. The smallest absolute Gasteiger partial charge is 0.310 e. The number of carboxylic acid groups (broad SMARTS) is 1. The van der Waals surface area contributed by atoms with Gasteiger partial charge in [0.15, 0.2) is 5.78 Å². The molecule has 1 unspecified atom stereocenters. The molecule has 1 aliphatic heterocycles. The van der Waals surface area contributed by atoms with Crippen molar-refractivity contribution < 1.29 is 38.5 Å². The molecule has 3 aliphatic carbocycles. The summed E-state index contributed by atoms with van der Waals surface area (Å²) < 4.78 is 18.4. The molecule has 1 saturated heterocycles. The number of pyridine rings is 1. The summed E-state index contributed by atoms with van der Waals surface area (Å²) in [6.07, 6.45) is 4.81. The van der Waals surface area contributed by atoms with E-state index in [2.05, 4.69) is 6.58 Å². The van der Waals surface area contributed by atoms with Gasteiger partial charge in [-0.05, 0) is 73.2 Å². The number of carbonyl (C=O) groups excluding carboxylic acids is 3. The van der Waals surface area contributed by atoms with Gasteiger partial charge in [0.25, 0.3) is 0 Å². The molecule has 6 rings (SSSR count). The minimum atomic E-state index is -1.23. The number of carbonyl (C=O) groups is 4. The Hall–Kier alpha value is -3.31. The predicted octanol–water partition coefficient (Wildman–Crippen LogP) is 7.77. The van der Waals surface area contributed by atoms with Crippen LogP contribution in [0.2, 0.25) is 5.02 Å². The highest BCUT2D eigenvalue weighted by Crippen LogP contribution is 2.57. The third kappa shape index (κ3) is 7.96. The van der Waals surface area contributed by atoms with Gasteiger partial charge in [-0.1, -0.05) is 52.3 Å². The second-order valence-corrected chi connectivity index (χ2v) is 17.8. The van der Waals surface area contributed by atoms with Gasteiger partial charge < -0.3 is 24.2 Å². The SMILES string of the molecule is C=C[C@@H]1C[C@]1(CC(=O)[C@@H]1C[C@@H](Oc2cc(SCC)nc3c(Cl)c(OCCC)ccc23)CN1C(=O)[C@@H](CC(=O)OC1C[C@@H]2C[C@@H]2C1)C(C)(C)C)C(=O)O. The van der Waals surface area contributed by atoms with E-state index in [0.717, 1.165) is 25.0 Å². The lowest BCUT2D eigenvalue weighted by atomic mass is 9.77. The summed E-state index contributed by atoms with van der Waals surface area (Å²) in [5.74, 6) is -0.126. The van der Waals surface area contributed by atoms with Crippen LogP contribution >= 0.6 is 23.4 Å². The number of hydrogen-bond donors (Lipinski definition) is 1. The highest BCUT2D eigenvalue weighted by atomic mass is 35.5. The van der Waals surface area contributed by atoms with E-state index in [-0.39, 0.29) is 49.5 Å². The van der Waals surface area contributed by atoms with Crippen LogP contribution in [0.3, 0.4) is 0 Å². The summed E-state index contributed by atoms with van der Waals surface area (Å²) in [6.45, 7) is 14.1. The summed E-state index contributed by atoms with van der Waals surface area (Å²) >= 11 is 8.36. The van der Waals surface area contributed by atoms with Crippen molar-refractivity contribution in [3.8, 4) is 11.5 Å². The molecule has 12 heteroatoms. The molecule has 0 radical (unpaired) electrons. The highest BCUT2D eigenvalue weighted by molar-refractivity contribution is 7.99. The summed E-state index contributed by atoms with van der Waals surface area (Å²) in [5.41, 5.74) is -1.33. The number of thioether (sulfide) groups is 1. The lowest BCUT2D eigenvalue weighted by Gasteiger charge is -2.35. The van der Waals surface area contributed by atoms with Crippen LogP contribution in [-0.4, -0.2) is 75.8 Å². The van der Waals surface area contributed by atoms with Crippen LogP contribution in [0.25, 0.3) is 10.9 Å². The third-order valence-corrected chi connectivity index (χ3v) is 12.5. The minimum Gasteiger partial charge on any atom is -0.492 e. The summed E-state index contributed by atoms with van der Waals surface area (Å²) in [4.78, 5) is 60.8. The normalized spacial score (nSPS) is 28.2. The van der Waals surface area contributed by atoms with Gasteiger partial charge in [0.05, 0.1) is 42.5 Å². The number of likely N-dealkylation sites (tertiary alicyclic amines) is 1. The first-order chi connectivity index (χ1) is 24.7. The third-order valence-electron chi connectivity index (χ3n) is 11.3. The Morgan fingerprint density at radius 3 is 2.46 bits per heavy atom. The first-order valence-corrected chi connectivity index (χ1v) is 20.0. The van der Waals surface area contributed by atoms with Crippen molar-refractivity contribution in [1.82, 2.24) is 9.88 Å². The summed E-state index contributed by atoms with van der Waals surface area (Å²) in [5, 5.41) is 11.9. The number of amides is 1. The quantitative estimate of drug-likeness (QED) is 0.103. The fourth-order valence-corrected chi connectivity index (χ4v) is 9.06. The molecule has 4 aliphatic rings. The van der Waals surface area contributed by atoms with E-state index < -0.39 is 40.8 Å².